The average Bonchev–Trinajstić information content (AvgIpc) is 3.46. The molecule has 9 heteroatoms. The summed E-state index contributed by atoms with van der Waals surface area (Å²) in [6, 6.07) is 13.7. The maximum Gasteiger partial charge on any atom is 0.262 e. The lowest BCUT2D eigenvalue weighted by molar-refractivity contribution is -0.126. The molecule has 2 atom stereocenters. The number of carbonyl (C=O) groups is 3. The van der Waals surface area contributed by atoms with E-state index in [2.05, 4.69) is 10.6 Å². The van der Waals surface area contributed by atoms with Gasteiger partial charge in [-0.1, -0.05) is 17.7 Å². The van der Waals surface area contributed by atoms with E-state index >= 15 is 0 Å². The van der Waals surface area contributed by atoms with Crippen LogP contribution < -0.4 is 20.3 Å². The van der Waals surface area contributed by atoms with Gasteiger partial charge in [0.15, 0.2) is 6.61 Å². The highest BCUT2D eigenvalue weighted by Gasteiger charge is 2.35. The standard InChI is InChI=1S/C24H26ClN3O5/c25-17-3-1-4-18(12-17)27-22(29)15-33-20-8-6-19(7-9-20)28-14-16(11-23(28)30)24(31)26-13-21-5-2-10-32-21/h1,3-4,6-9,12,16,21H,2,5,10-11,13-15H2,(H,26,31)(H,27,29)/t16-,21+/m0/s1. The van der Waals surface area contributed by atoms with Gasteiger partial charge in [0, 0.05) is 42.5 Å². The monoisotopic (exact) mass is 471 g/mol. The normalized spacial score (nSPS) is 20.0. The fourth-order valence-corrected chi connectivity index (χ4v) is 4.12. The third-order valence-electron chi connectivity index (χ3n) is 5.65. The molecule has 0 aromatic heterocycles. The summed E-state index contributed by atoms with van der Waals surface area (Å²) in [6.45, 7) is 1.39. The summed E-state index contributed by atoms with van der Waals surface area (Å²) < 4.78 is 11.1. The van der Waals surface area contributed by atoms with Crippen LogP contribution in [0.2, 0.25) is 5.02 Å². The van der Waals surface area contributed by atoms with Crippen LogP contribution in [-0.4, -0.2) is 50.1 Å². The van der Waals surface area contributed by atoms with Crippen LogP contribution in [-0.2, 0) is 19.1 Å². The van der Waals surface area contributed by atoms with Gasteiger partial charge in [-0.25, -0.2) is 0 Å². The first-order chi connectivity index (χ1) is 16.0. The molecular weight excluding hydrogens is 446 g/mol. The van der Waals surface area contributed by atoms with Crippen molar-refractivity contribution in [2.75, 3.05) is 36.5 Å². The van der Waals surface area contributed by atoms with Gasteiger partial charge in [0.05, 0.1) is 12.0 Å². The Morgan fingerprint density at radius 1 is 1.18 bits per heavy atom. The predicted octanol–water partition coefficient (Wildman–Crippen LogP) is 3.01. The first kappa shape index (κ1) is 23.1. The lowest BCUT2D eigenvalue weighted by Gasteiger charge is -2.18. The number of benzene rings is 2. The van der Waals surface area contributed by atoms with Gasteiger partial charge in [-0.2, -0.15) is 0 Å². The SMILES string of the molecule is O=C(COc1ccc(N2C[C@@H](C(=O)NC[C@H]3CCCO3)CC2=O)cc1)Nc1cccc(Cl)c1. The molecular formula is C24H26ClN3O5. The smallest absolute Gasteiger partial charge is 0.262 e. The molecule has 3 amide bonds. The maximum atomic E-state index is 12.5. The number of anilines is 2. The molecule has 4 rings (SSSR count). The van der Waals surface area contributed by atoms with Crippen LogP contribution in [0.25, 0.3) is 0 Å². The maximum absolute atomic E-state index is 12.5. The molecule has 0 saturated carbocycles. The van der Waals surface area contributed by atoms with E-state index in [1.807, 2.05) is 0 Å². The van der Waals surface area contributed by atoms with Gasteiger partial charge in [-0.15, -0.1) is 0 Å². The van der Waals surface area contributed by atoms with E-state index in [1.54, 1.807) is 53.4 Å². The topological polar surface area (TPSA) is 97.0 Å². The molecule has 0 aliphatic carbocycles. The van der Waals surface area contributed by atoms with Crippen molar-refractivity contribution in [3.8, 4) is 5.75 Å². The molecule has 8 nitrogen and oxygen atoms in total. The number of carbonyl (C=O) groups excluding carboxylic acids is 3. The highest BCUT2D eigenvalue weighted by atomic mass is 35.5. The number of hydrogen-bond donors (Lipinski definition) is 2. The van der Waals surface area contributed by atoms with Crippen LogP contribution in [0.4, 0.5) is 11.4 Å². The van der Waals surface area contributed by atoms with Crippen LogP contribution in [0, 0.1) is 5.92 Å². The minimum Gasteiger partial charge on any atom is -0.484 e. The first-order valence-corrected chi connectivity index (χ1v) is 11.3. The number of halogens is 1. The molecule has 0 radical (unpaired) electrons. The van der Waals surface area contributed by atoms with Crippen LogP contribution in [0.15, 0.2) is 48.5 Å². The molecule has 2 aromatic rings. The van der Waals surface area contributed by atoms with E-state index in [0.29, 0.717) is 35.2 Å². The summed E-state index contributed by atoms with van der Waals surface area (Å²) in [5.74, 6) is -0.413. The van der Waals surface area contributed by atoms with E-state index in [0.717, 1.165) is 19.4 Å². The van der Waals surface area contributed by atoms with E-state index < -0.39 is 0 Å². The summed E-state index contributed by atoms with van der Waals surface area (Å²) in [4.78, 5) is 38.6. The number of amides is 3. The Morgan fingerprint density at radius 2 is 2.00 bits per heavy atom. The molecule has 174 valence electrons. The second-order valence-corrected chi connectivity index (χ2v) is 8.56. The predicted molar refractivity (Wildman–Crippen MR) is 124 cm³/mol. The molecule has 0 spiro atoms. The average molecular weight is 472 g/mol. The molecule has 2 N–H and O–H groups in total. The van der Waals surface area contributed by atoms with Crippen LogP contribution in [0.3, 0.4) is 0 Å². The zero-order valence-corrected chi connectivity index (χ0v) is 18.8. The van der Waals surface area contributed by atoms with Crippen molar-refractivity contribution in [1.29, 1.82) is 0 Å². The first-order valence-electron chi connectivity index (χ1n) is 11.0. The van der Waals surface area contributed by atoms with E-state index in [1.165, 1.54) is 0 Å². The Kier molecular flexibility index (Phi) is 7.47. The molecule has 0 bridgehead atoms. The molecule has 2 fully saturated rings. The van der Waals surface area contributed by atoms with Crippen LogP contribution in [0.5, 0.6) is 5.75 Å². The van der Waals surface area contributed by atoms with Crippen molar-refractivity contribution >= 4 is 40.7 Å². The van der Waals surface area contributed by atoms with Crippen molar-refractivity contribution < 1.29 is 23.9 Å². The van der Waals surface area contributed by atoms with Gasteiger partial charge in [0.2, 0.25) is 11.8 Å². The highest BCUT2D eigenvalue weighted by molar-refractivity contribution is 6.30. The Labute approximate surface area is 197 Å². The van der Waals surface area contributed by atoms with Crippen LogP contribution >= 0.6 is 11.6 Å². The van der Waals surface area contributed by atoms with Crippen LogP contribution in [0.1, 0.15) is 19.3 Å². The fraction of sp³-hybridized carbons (Fsp3) is 0.375. The van der Waals surface area contributed by atoms with Gasteiger partial charge >= 0.3 is 0 Å². The Morgan fingerprint density at radius 3 is 2.73 bits per heavy atom. The Balaban J connectivity index is 1.25. The summed E-state index contributed by atoms with van der Waals surface area (Å²) in [6.07, 6.45) is 2.22. The Bertz CT molecular complexity index is 1010. The van der Waals surface area contributed by atoms with E-state index in [-0.39, 0.29) is 42.8 Å². The molecule has 2 aliphatic heterocycles. The summed E-state index contributed by atoms with van der Waals surface area (Å²) in [5.41, 5.74) is 1.28. The summed E-state index contributed by atoms with van der Waals surface area (Å²) >= 11 is 5.91. The Hall–Kier alpha value is -3.10. The minimum atomic E-state index is -0.384. The highest BCUT2D eigenvalue weighted by Crippen LogP contribution is 2.27. The second kappa shape index (κ2) is 10.7. The molecule has 33 heavy (non-hydrogen) atoms. The van der Waals surface area contributed by atoms with Crippen molar-refractivity contribution in [2.24, 2.45) is 5.92 Å². The molecule has 2 aromatic carbocycles. The third kappa shape index (κ3) is 6.24. The van der Waals surface area contributed by atoms with Crippen molar-refractivity contribution in [3.05, 3.63) is 53.6 Å². The van der Waals surface area contributed by atoms with Crippen molar-refractivity contribution in [2.45, 2.75) is 25.4 Å². The van der Waals surface area contributed by atoms with Gasteiger partial charge < -0.3 is 25.0 Å². The fourth-order valence-electron chi connectivity index (χ4n) is 3.93. The molecule has 0 unspecified atom stereocenters. The van der Waals surface area contributed by atoms with Gasteiger partial charge in [0.1, 0.15) is 5.75 Å². The number of ether oxygens (including phenoxy) is 2. The number of hydrogen-bond acceptors (Lipinski definition) is 5. The molecule has 2 aliphatic rings. The summed E-state index contributed by atoms with van der Waals surface area (Å²) in [5, 5.41) is 6.15. The number of nitrogens with zero attached hydrogens (tertiary/aromatic N) is 1. The quantitative estimate of drug-likeness (QED) is 0.617. The van der Waals surface area contributed by atoms with Gasteiger partial charge in [-0.05, 0) is 55.3 Å². The molecule has 2 heterocycles. The lowest BCUT2D eigenvalue weighted by atomic mass is 10.1. The third-order valence-corrected chi connectivity index (χ3v) is 5.89. The zero-order valence-electron chi connectivity index (χ0n) is 18.1. The summed E-state index contributed by atoms with van der Waals surface area (Å²) in [7, 11) is 0. The number of nitrogens with one attached hydrogen (secondary N) is 2. The van der Waals surface area contributed by atoms with Gasteiger partial charge in [0.25, 0.3) is 5.91 Å². The minimum absolute atomic E-state index is 0.0716. The van der Waals surface area contributed by atoms with Crippen molar-refractivity contribution in [1.82, 2.24) is 5.32 Å². The molecule has 2 saturated heterocycles. The van der Waals surface area contributed by atoms with Gasteiger partial charge in [-0.3, -0.25) is 14.4 Å². The van der Waals surface area contributed by atoms with E-state index in [4.69, 9.17) is 21.1 Å². The van der Waals surface area contributed by atoms with E-state index in [9.17, 15) is 14.4 Å². The number of rotatable bonds is 8. The largest absolute Gasteiger partial charge is 0.484 e. The second-order valence-electron chi connectivity index (χ2n) is 8.13. The van der Waals surface area contributed by atoms with Crippen molar-refractivity contribution in [3.63, 3.8) is 0 Å². The zero-order chi connectivity index (χ0) is 23.2. The lowest BCUT2D eigenvalue weighted by Crippen LogP contribution is -2.37.